The topological polar surface area (TPSA) is 58.6 Å². The molecule has 1 atom stereocenters. The molecule has 0 bridgehead atoms. The molecule has 0 spiro atoms. The number of hydrogen-bond donors (Lipinski definition) is 1. The van der Waals surface area contributed by atoms with Crippen LogP contribution in [0.15, 0.2) is 42.5 Å². The summed E-state index contributed by atoms with van der Waals surface area (Å²) >= 11 is 13.9. The average Bonchev–Trinajstić information content (AvgIpc) is 2.80. The molecule has 2 aromatic rings. The van der Waals surface area contributed by atoms with E-state index in [1.54, 1.807) is 30.2 Å². The number of amides is 2. The molecule has 0 unspecified atom stereocenters. The van der Waals surface area contributed by atoms with Gasteiger partial charge in [0.15, 0.2) is 0 Å². The zero-order chi connectivity index (χ0) is 24.2. The number of carbonyl (C=O) groups is 2. The van der Waals surface area contributed by atoms with E-state index in [1.807, 2.05) is 31.2 Å². The second kappa shape index (κ2) is 14.4. The maximum Gasteiger partial charge on any atom is 0.242 e. The van der Waals surface area contributed by atoms with Crippen LogP contribution in [0.2, 0.25) is 10.0 Å². The van der Waals surface area contributed by atoms with Crippen molar-refractivity contribution in [2.24, 2.45) is 0 Å². The van der Waals surface area contributed by atoms with Crippen LogP contribution in [0.4, 0.5) is 0 Å². The van der Waals surface area contributed by atoms with Gasteiger partial charge in [-0.2, -0.15) is 0 Å². The molecule has 2 amide bonds. The fourth-order valence-corrected chi connectivity index (χ4v) is 4.66. The van der Waals surface area contributed by atoms with Crippen LogP contribution >= 0.6 is 35.0 Å². The van der Waals surface area contributed by atoms with E-state index in [1.165, 1.54) is 11.8 Å². The zero-order valence-corrected chi connectivity index (χ0v) is 21.7. The first kappa shape index (κ1) is 27.4. The Balaban J connectivity index is 2.12. The van der Waals surface area contributed by atoms with Crippen molar-refractivity contribution in [3.63, 3.8) is 0 Å². The van der Waals surface area contributed by atoms with E-state index < -0.39 is 6.04 Å². The molecule has 0 fully saturated rings. The van der Waals surface area contributed by atoms with E-state index in [-0.39, 0.29) is 24.1 Å². The molecule has 0 aliphatic rings. The predicted octanol–water partition coefficient (Wildman–Crippen LogP) is 5.96. The number of thioether (sulfide) groups is 1. The summed E-state index contributed by atoms with van der Waals surface area (Å²) in [5.41, 5.74) is 1.86. The number of benzene rings is 2. The van der Waals surface area contributed by atoms with Gasteiger partial charge in [-0.05, 0) is 48.2 Å². The number of nitrogens with one attached hydrogen (secondary N) is 1. The van der Waals surface area contributed by atoms with Gasteiger partial charge in [-0.25, -0.2) is 0 Å². The molecule has 8 heteroatoms. The van der Waals surface area contributed by atoms with Crippen molar-refractivity contribution in [2.45, 2.75) is 51.4 Å². The van der Waals surface area contributed by atoms with E-state index in [0.29, 0.717) is 28.8 Å². The Morgan fingerprint density at radius 2 is 1.85 bits per heavy atom. The number of hydrogen-bond acceptors (Lipinski definition) is 4. The SMILES string of the molecule is CCCCNC(=O)[C@@H](CC)N(Cc1ccc(Cl)cc1Cl)C(=O)CSCc1ccc(OC)cc1. The van der Waals surface area contributed by atoms with Crippen molar-refractivity contribution in [3.8, 4) is 5.75 Å². The highest BCUT2D eigenvalue weighted by Gasteiger charge is 2.28. The van der Waals surface area contributed by atoms with Crippen molar-refractivity contribution in [2.75, 3.05) is 19.4 Å². The Labute approximate surface area is 211 Å². The molecule has 5 nitrogen and oxygen atoms in total. The number of halogens is 2. The summed E-state index contributed by atoms with van der Waals surface area (Å²) in [5.74, 6) is 1.51. The van der Waals surface area contributed by atoms with Crippen LogP contribution in [0.5, 0.6) is 5.75 Å². The fraction of sp³-hybridized carbons (Fsp3) is 0.440. The summed E-state index contributed by atoms with van der Waals surface area (Å²) in [7, 11) is 1.63. The Morgan fingerprint density at radius 1 is 1.12 bits per heavy atom. The number of nitrogens with zero attached hydrogens (tertiary/aromatic N) is 1. The van der Waals surface area contributed by atoms with Crippen LogP contribution in [0.3, 0.4) is 0 Å². The minimum absolute atomic E-state index is 0.1000. The molecule has 0 heterocycles. The quantitative estimate of drug-likeness (QED) is 0.337. The first-order chi connectivity index (χ1) is 15.9. The van der Waals surface area contributed by atoms with E-state index in [4.69, 9.17) is 27.9 Å². The van der Waals surface area contributed by atoms with Gasteiger partial charge in [-0.1, -0.05) is 61.7 Å². The Bertz CT molecular complexity index is 909. The molecule has 1 N–H and O–H groups in total. The Kier molecular flexibility index (Phi) is 11.9. The molecule has 33 heavy (non-hydrogen) atoms. The van der Waals surface area contributed by atoms with Crippen LogP contribution in [0.25, 0.3) is 0 Å². The molecular weight excluding hydrogens is 479 g/mol. The fourth-order valence-electron chi connectivity index (χ4n) is 3.32. The molecule has 0 saturated carbocycles. The minimum Gasteiger partial charge on any atom is -0.497 e. The molecule has 0 aromatic heterocycles. The Morgan fingerprint density at radius 3 is 2.45 bits per heavy atom. The van der Waals surface area contributed by atoms with Crippen molar-refractivity contribution < 1.29 is 14.3 Å². The van der Waals surface area contributed by atoms with E-state index in [9.17, 15) is 9.59 Å². The minimum atomic E-state index is -0.567. The summed E-state index contributed by atoms with van der Waals surface area (Å²) in [6, 6.07) is 12.4. The highest BCUT2D eigenvalue weighted by Crippen LogP contribution is 2.25. The number of rotatable bonds is 13. The maximum atomic E-state index is 13.3. The molecule has 2 aromatic carbocycles. The third kappa shape index (κ3) is 8.76. The van der Waals surface area contributed by atoms with Crippen LogP contribution in [-0.2, 0) is 21.9 Å². The predicted molar refractivity (Wildman–Crippen MR) is 138 cm³/mol. The summed E-state index contributed by atoms with van der Waals surface area (Å²) in [6.45, 7) is 4.83. The second-order valence-corrected chi connectivity index (χ2v) is 9.50. The van der Waals surface area contributed by atoms with E-state index in [2.05, 4.69) is 12.2 Å². The molecule has 0 aliphatic heterocycles. The van der Waals surface area contributed by atoms with Gasteiger partial charge >= 0.3 is 0 Å². The van der Waals surface area contributed by atoms with Gasteiger partial charge in [0.05, 0.1) is 12.9 Å². The average molecular weight is 512 g/mol. The van der Waals surface area contributed by atoms with Crippen molar-refractivity contribution in [3.05, 3.63) is 63.6 Å². The standard InChI is InChI=1S/C25H32Cl2N2O3S/c1-4-6-13-28-25(31)23(5-2)29(15-19-9-10-20(26)14-22(19)27)24(30)17-33-16-18-7-11-21(32-3)12-8-18/h7-12,14,23H,4-6,13,15-17H2,1-3H3,(H,28,31)/t23-/m1/s1. The summed E-state index contributed by atoms with van der Waals surface area (Å²) in [6.07, 6.45) is 2.40. The van der Waals surface area contributed by atoms with Crippen LogP contribution in [0, 0.1) is 0 Å². The summed E-state index contributed by atoms with van der Waals surface area (Å²) in [5, 5.41) is 3.97. The first-order valence-corrected chi connectivity index (χ1v) is 13.0. The lowest BCUT2D eigenvalue weighted by Crippen LogP contribution is -2.49. The molecular formula is C25H32Cl2N2O3S. The zero-order valence-electron chi connectivity index (χ0n) is 19.4. The maximum absolute atomic E-state index is 13.3. The van der Waals surface area contributed by atoms with Gasteiger partial charge in [0.1, 0.15) is 11.8 Å². The summed E-state index contributed by atoms with van der Waals surface area (Å²) < 4.78 is 5.19. The number of carbonyl (C=O) groups excluding carboxylic acids is 2. The highest BCUT2D eigenvalue weighted by molar-refractivity contribution is 7.99. The third-order valence-electron chi connectivity index (χ3n) is 5.22. The van der Waals surface area contributed by atoms with Gasteiger partial charge < -0.3 is 15.0 Å². The number of methoxy groups -OCH3 is 1. The van der Waals surface area contributed by atoms with Gasteiger partial charge in [0.25, 0.3) is 0 Å². The first-order valence-electron chi connectivity index (χ1n) is 11.1. The Hall–Kier alpha value is -1.89. The van der Waals surface area contributed by atoms with Gasteiger partial charge in [0, 0.05) is 28.9 Å². The van der Waals surface area contributed by atoms with Crippen molar-refractivity contribution >= 4 is 46.8 Å². The van der Waals surface area contributed by atoms with Gasteiger partial charge in [-0.15, -0.1) is 11.8 Å². The van der Waals surface area contributed by atoms with E-state index in [0.717, 1.165) is 29.7 Å². The lowest BCUT2D eigenvalue weighted by molar-refractivity contribution is -0.139. The third-order valence-corrected chi connectivity index (χ3v) is 6.80. The summed E-state index contributed by atoms with van der Waals surface area (Å²) in [4.78, 5) is 27.8. The monoisotopic (exact) mass is 510 g/mol. The smallest absolute Gasteiger partial charge is 0.242 e. The highest BCUT2D eigenvalue weighted by atomic mass is 35.5. The second-order valence-electron chi connectivity index (χ2n) is 7.67. The number of unbranched alkanes of at least 4 members (excludes halogenated alkanes) is 1. The van der Waals surface area contributed by atoms with Crippen LogP contribution < -0.4 is 10.1 Å². The molecule has 2 rings (SSSR count). The molecule has 180 valence electrons. The van der Waals surface area contributed by atoms with Gasteiger partial charge in [-0.3, -0.25) is 9.59 Å². The molecule has 0 saturated heterocycles. The number of ether oxygens (including phenoxy) is 1. The lowest BCUT2D eigenvalue weighted by atomic mass is 10.1. The normalized spacial score (nSPS) is 11.7. The van der Waals surface area contributed by atoms with Crippen LogP contribution in [0.1, 0.15) is 44.2 Å². The van der Waals surface area contributed by atoms with Crippen LogP contribution in [-0.4, -0.2) is 42.2 Å². The van der Waals surface area contributed by atoms with E-state index >= 15 is 0 Å². The largest absolute Gasteiger partial charge is 0.497 e. The van der Waals surface area contributed by atoms with Gasteiger partial charge in [0.2, 0.25) is 11.8 Å². The van der Waals surface area contributed by atoms with Crippen molar-refractivity contribution in [1.82, 2.24) is 10.2 Å². The lowest BCUT2D eigenvalue weighted by Gasteiger charge is -2.31. The molecule has 0 radical (unpaired) electrons. The van der Waals surface area contributed by atoms with Crippen molar-refractivity contribution in [1.29, 1.82) is 0 Å². The molecule has 0 aliphatic carbocycles.